The molecule has 2 N–H and O–H groups in total. The van der Waals surface area contributed by atoms with Gasteiger partial charge in [0.05, 0.1) is 5.69 Å². The molecule has 3 aromatic carbocycles. The average Bonchev–Trinajstić information content (AvgIpc) is 2.77. The number of nitrogens with one attached hydrogen (secondary N) is 2. The number of fused-ring (bicyclic) bond motifs is 2. The average molecular weight is 425 g/mol. The third kappa shape index (κ3) is 3.68. The van der Waals surface area contributed by atoms with Crippen LogP contribution in [0.2, 0.25) is 0 Å². The van der Waals surface area contributed by atoms with E-state index in [0.29, 0.717) is 5.92 Å². The van der Waals surface area contributed by atoms with Crippen molar-refractivity contribution in [2.75, 3.05) is 10.6 Å². The van der Waals surface area contributed by atoms with Crippen molar-refractivity contribution in [1.82, 2.24) is 0 Å². The number of anilines is 3. The summed E-state index contributed by atoms with van der Waals surface area (Å²) in [7, 11) is 0. The fourth-order valence-corrected chi connectivity index (χ4v) is 4.84. The molecular formula is C28H28N2S. The maximum atomic E-state index is 4.78. The predicted octanol–water partition coefficient (Wildman–Crippen LogP) is 7.92. The maximum absolute atomic E-state index is 4.78. The predicted molar refractivity (Wildman–Crippen MR) is 136 cm³/mol. The molecule has 0 radical (unpaired) electrons. The number of benzene rings is 3. The Hall–Kier alpha value is -2.91. The largest absolute Gasteiger partial charge is 0.355 e. The second-order valence-corrected chi connectivity index (χ2v) is 9.63. The van der Waals surface area contributed by atoms with Crippen molar-refractivity contribution < 1.29 is 0 Å². The molecule has 0 saturated heterocycles. The summed E-state index contributed by atoms with van der Waals surface area (Å²) in [5, 5.41) is 7.12. The molecule has 3 heteroatoms. The van der Waals surface area contributed by atoms with E-state index in [1.165, 1.54) is 33.6 Å². The Kier molecular flexibility index (Phi) is 4.94. The Bertz CT molecular complexity index is 1220. The first-order valence-corrected chi connectivity index (χ1v) is 11.4. The molecule has 1 aliphatic heterocycles. The van der Waals surface area contributed by atoms with E-state index in [0.717, 1.165) is 22.7 Å². The van der Waals surface area contributed by atoms with Gasteiger partial charge in [0.2, 0.25) is 0 Å². The summed E-state index contributed by atoms with van der Waals surface area (Å²) in [6.07, 6.45) is 7.73. The standard InChI is InChI=1S/C28H28N2S/c1-18-8-12-21(13-9-18)29-26-15-11-20(17-27(26)31)19-10-14-25-23(16-19)28(2,3)22-6-4-5-7-24(22)30-25/h4-8,10-18,29-31H,9H2,1-3H3. The van der Waals surface area contributed by atoms with Crippen LogP contribution in [-0.2, 0) is 5.41 Å². The second kappa shape index (κ2) is 7.65. The number of hydrogen-bond donors (Lipinski definition) is 3. The van der Waals surface area contributed by atoms with Crippen LogP contribution in [0.15, 0.2) is 89.5 Å². The van der Waals surface area contributed by atoms with Gasteiger partial charge in [0, 0.05) is 27.4 Å². The van der Waals surface area contributed by atoms with Crippen LogP contribution in [0.4, 0.5) is 17.1 Å². The Labute approximate surface area is 190 Å². The first-order chi connectivity index (χ1) is 14.9. The van der Waals surface area contributed by atoms with E-state index in [-0.39, 0.29) is 5.41 Å². The summed E-state index contributed by atoms with van der Waals surface area (Å²) in [5.74, 6) is 0.609. The van der Waals surface area contributed by atoms with Crippen LogP contribution in [0.3, 0.4) is 0 Å². The van der Waals surface area contributed by atoms with E-state index in [4.69, 9.17) is 12.6 Å². The van der Waals surface area contributed by atoms with Crippen molar-refractivity contribution in [2.45, 2.75) is 37.5 Å². The summed E-state index contributed by atoms with van der Waals surface area (Å²) in [6.45, 7) is 6.84. The molecule has 156 valence electrons. The van der Waals surface area contributed by atoms with Gasteiger partial charge in [-0.3, -0.25) is 0 Å². The molecule has 5 rings (SSSR count). The minimum Gasteiger partial charge on any atom is -0.355 e. The lowest BCUT2D eigenvalue weighted by Crippen LogP contribution is -2.25. The normalized spacial score (nSPS) is 18.5. The third-order valence-corrected chi connectivity index (χ3v) is 6.86. The number of rotatable bonds is 3. The van der Waals surface area contributed by atoms with Crippen LogP contribution < -0.4 is 10.6 Å². The zero-order chi connectivity index (χ0) is 21.6. The van der Waals surface area contributed by atoms with E-state index >= 15 is 0 Å². The lowest BCUT2D eigenvalue weighted by Gasteiger charge is -2.36. The van der Waals surface area contributed by atoms with Crippen LogP contribution in [0.1, 0.15) is 38.3 Å². The van der Waals surface area contributed by atoms with Gasteiger partial charge in [-0.2, -0.15) is 0 Å². The van der Waals surface area contributed by atoms with E-state index in [1.54, 1.807) is 0 Å². The van der Waals surface area contributed by atoms with Crippen molar-refractivity contribution in [1.29, 1.82) is 0 Å². The molecule has 0 amide bonds. The van der Waals surface area contributed by atoms with E-state index < -0.39 is 0 Å². The summed E-state index contributed by atoms with van der Waals surface area (Å²) in [5.41, 5.74) is 9.52. The topological polar surface area (TPSA) is 24.1 Å². The highest BCUT2D eigenvalue weighted by Gasteiger charge is 2.32. The summed E-state index contributed by atoms with van der Waals surface area (Å²) < 4.78 is 0. The first-order valence-electron chi connectivity index (χ1n) is 10.9. The van der Waals surface area contributed by atoms with Gasteiger partial charge in [-0.1, -0.05) is 63.3 Å². The lowest BCUT2D eigenvalue weighted by molar-refractivity contribution is 0.638. The van der Waals surface area contributed by atoms with Crippen LogP contribution in [0.25, 0.3) is 11.1 Å². The van der Waals surface area contributed by atoms with Gasteiger partial charge in [-0.25, -0.2) is 0 Å². The summed E-state index contributed by atoms with van der Waals surface area (Å²) >= 11 is 4.78. The van der Waals surface area contributed by atoms with Crippen molar-refractivity contribution in [3.05, 3.63) is 95.7 Å². The molecule has 0 fully saturated rings. The molecule has 1 heterocycles. The number of allylic oxidation sites excluding steroid dienone is 3. The number of hydrogen-bond acceptors (Lipinski definition) is 3. The van der Waals surface area contributed by atoms with Gasteiger partial charge in [0.15, 0.2) is 0 Å². The minimum absolute atomic E-state index is 0.0601. The van der Waals surface area contributed by atoms with E-state index in [1.807, 2.05) is 0 Å². The van der Waals surface area contributed by atoms with Gasteiger partial charge in [0.25, 0.3) is 0 Å². The van der Waals surface area contributed by atoms with Gasteiger partial charge in [-0.15, -0.1) is 12.6 Å². The minimum atomic E-state index is -0.0601. The van der Waals surface area contributed by atoms with Crippen LogP contribution >= 0.6 is 12.6 Å². The number of para-hydroxylation sites is 1. The highest BCUT2D eigenvalue weighted by atomic mass is 32.1. The zero-order valence-corrected chi connectivity index (χ0v) is 19.1. The summed E-state index contributed by atoms with van der Waals surface area (Å²) in [4.78, 5) is 0.950. The molecule has 31 heavy (non-hydrogen) atoms. The molecular weight excluding hydrogens is 396 g/mol. The Morgan fingerprint density at radius 2 is 1.68 bits per heavy atom. The molecule has 2 aliphatic rings. The SMILES string of the molecule is CC1C=CC(Nc2ccc(-c3ccc4c(c3)C(C)(C)c3ccccc3N4)cc2S)=CC1. The Morgan fingerprint density at radius 3 is 2.45 bits per heavy atom. The van der Waals surface area contributed by atoms with Gasteiger partial charge in [-0.05, 0) is 71.0 Å². The van der Waals surface area contributed by atoms with Crippen molar-refractivity contribution in [3.63, 3.8) is 0 Å². The zero-order valence-electron chi connectivity index (χ0n) is 18.2. The highest BCUT2D eigenvalue weighted by Crippen LogP contribution is 2.46. The fourth-order valence-electron chi connectivity index (χ4n) is 4.57. The van der Waals surface area contributed by atoms with Crippen molar-refractivity contribution >= 4 is 29.7 Å². The molecule has 1 unspecified atom stereocenters. The quantitative estimate of drug-likeness (QED) is 0.372. The van der Waals surface area contributed by atoms with Crippen LogP contribution in [0.5, 0.6) is 0 Å². The van der Waals surface area contributed by atoms with Gasteiger partial charge >= 0.3 is 0 Å². The second-order valence-electron chi connectivity index (χ2n) is 9.14. The smallest absolute Gasteiger partial charge is 0.0520 e. The molecule has 2 nitrogen and oxygen atoms in total. The van der Waals surface area contributed by atoms with Crippen LogP contribution in [-0.4, -0.2) is 0 Å². The third-order valence-electron chi connectivity index (χ3n) is 6.49. The lowest BCUT2D eigenvalue weighted by atomic mass is 9.73. The van der Waals surface area contributed by atoms with Crippen molar-refractivity contribution in [2.24, 2.45) is 5.92 Å². The van der Waals surface area contributed by atoms with Gasteiger partial charge < -0.3 is 10.6 Å². The fraction of sp³-hybridized carbons (Fsp3) is 0.214. The molecule has 0 aromatic heterocycles. The summed E-state index contributed by atoms with van der Waals surface area (Å²) in [6, 6.07) is 21.8. The Morgan fingerprint density at radius 1 is 0.935 bits per heavy atom. The molecule has 1 aliphatic carbocycles. The molecule has 3 aromatic rings. The molecule has 0 bridgehead atoms. The van der Waals surface area contributed by atoms with E-state index in [2.05, 4.69) is 110 Å². The molecule has 1 atom stereocenters. The molecule has 0 saturated carbocycles. The van der Waals surface area contributed by atoms with Crippen LogP contribution in [0, 0.1) is 5.92 Å². The highest BCUT2D eigenvalue weighted by molar-refractivity contribution is 7.80. The van der Waals surface area contributed by atoms with Gasteiger partial charge in [0.1, 0.15) is 0 Å². The maximum Gasteiger partial charge on any atom is 0.0520 e. The Balaban J connectivity index is 1.46. The van der Waals surface area contributed by atoms with Crippen molar-refractivity contribution in [3.8, 4) is 11.1 Å². The first kappa shape index (κ1) is 20.0. The molecule has 0 spiro atoms. The number of thiol groups is 1. The van der Waals surface area contributed by atoms with E-state index in [9.17, 15) is 0 Å². The monoisotopic (exact) mass is 424 g/mol.